The number of halogens is 3. The van der Waals surface area contributed by atoms with Crippen molar-refractivity contribution in [2.24, 2.45) is 0 Å². The minimum absolute atomic E-state index is 0.290. The van der Waals surface area contributed by atoms with Crippen LogP contribution in [0.3, 0.4) is 0 Å². The highest BCUT2D eigenvalue weighted by atomic mass is 32.1. The molecule has 0 unspecified atom stereocenters. The SMILES string of the molecule is COc1cc(-c2sc(N)nc2-c2ccc(C(F)(F)F)cc2)cc(OC)c1OC. The van der Waals surface area contributed by atoms with Crippen molar-refractivity contribution in [1.82, 2.24) is 4.98 Å². The second-order valence-electron chi connectivity index (χ2n) is 5.72. The number of anilines is 1. The zero-order chi connectivity index (χ0) is 20.5. The maximum atomic E-state index is 12.8. The number of alkyl halides is 3. The molecule has 0 saturated heterocycles. The lowest BCUT2D eigenvalue weighted by Crippen LogP contribution is -2.04. The minimum atomic E-state index is -4.40. The third kappa shape index (κ3) is 3.70. The third-order valence-electron chi connectivity index (χ3n) is 4.06. The van der Waals surface area contributed by atoms with Crippen molar-refractivity contribution in [3.8, 4) is 38.9 Å². The number of aromatic nitrogens is 1. The van der Waals surface area contributed by atoms with Gasteiger partial charge >= 0.3 is 6.18 Å². The number of methoxy groups -OCH3 is 3. The fourth-order valence-electron chi connectivity index (χ4n) is 2.76. The summed E-state index contributed by atoms with van der Waals surface area (Å²) >= 11 is 1.22. The fourth-order valence-corrected chi connectivity index (χ4v) is 3.60. The monoisotopic (exact) mass is 410 g/mol. The number of nitrogen functional groups attached to an aromatic ring is 1. The number of hydrogen-bond donors (Lipinski definition) is 1. The van der Waals surface area contributed by atoms with Crippen LogP contribution in [-0.4, -0.2) is 26.3 Å². The van der Waals surface area contributed by atoms with Gasteiger partial charge in [0.2, 0.25) is 5.75 Å². The second kappa shape index (κ2) is 7.59. The van der Waals surface area contributed by atoms with Crippen molar-refractivity contribution >= 4 is 16.5 Å². The number of nitrogens with two attached hydrogens (primary N) is 1. The molecule has 0 fully saturated rings. The van der Waals surface area contributed by atoms with E-state index in [1.54, 1.807) is 12.1 Å². The molecule has 1 heterocycles. The standard InChI is InChI=1S/C19H17F3N2O3S/c1-25-13-8-11(9-14(26-2)16(13)27-3)17-15(24-18(23)28-17)10-4-6-12(7-5-10)19(20,21)22/h4-9H,1-3H3,(H2,23,24). The van der Waals surface area contributed by atoms with Crippen LogP contribution in [0.2, 0.25) is 0 Å². The van der Waals surface area contributed by atoms with Gasteiger partial charge < -0.3 is 19.9 Å². The molecule has 1 aromatic heterocycles. The van der Waals surface area contributed by atoms with Gasteiger partial charge in [-0.3, -0.25) is 0 Å². The first-order valence-electron chi connectivity index (χ1n) is 8.02. The summed E-state index contributed by atoms with van der Waals surface area (Å²) in [7, 11) is 4.50. The van der Waals surface area contributed by atoms with Gasteiger partial charge in [-0.05, 0) is 24.3 Å². The molecular formula is C19H17F3N2O3S. The van der Waals surface area contributed by atoms with E-state index < -0.39 is 11.7 Å². The lowest BCUT2D eigenvalue weighted by atomic mass is 10.0. The molecule has 0 amide bonds. The highest BCUT2D eigenvalue weighted by Gasteiger charge is 2.30. The Morgan fingerprint density at radius 1 is 0.893 bits per heavy atom. The van der Waals surface area contributed by atoms with Crippen molar-refractivity contribution in [1.29, 1.82) is 0 Å². The molecule has 3 aromatic rings. The summed E-state index contributed by atoms with van der Waals surface area (Å²) in [6, 6.07) is 8.26. The number of ether oxygens (including phenoxy) is 3. The van der Waals surface area contributed by atoms with E-state index in [2.05, 4.69) is 4.98 Å². The molecule has 0 aliphatic heterocycles. The molecule has 0 bridgehead atoms. The average Bonchev–Trinajstić information content (AvgIpc) is 3.07. The van der Waals surface area contributed by atoms with Gasteiger partial charge in [0.1, 0.15) is 0 Å². The molecule has 5 nitrogen and oxygen atoms in total. The summed E-state index contributed by atoms with van der Waals surface area (Å²) in [5, 5.41) is 0.290. The maximum absolute atomic E-state index is 12.8. The molecule has 148 valence electrons. The van der Waals surface area contributed by atoms with Crippen molar-refractivity contribution in [3.05, 3.63) is 42.0 Å². The molecule has 0 aliphatic carbocycles. The van der Waals surface area contributed by atoms with Crippen molar-refractivity contribution in [2.45, 2.75) is 6.18 Å². The van der Waals surface area contributed by atoms with E-state index in [1.807, 2.05) is 0 Å². The average molecular weight is 410 g/mol. The Labute approximate surface area is 163 Å². The molecule has 0 spiro atoms. The number of thiazole rings is 1. The van der Waals surface area contributed by atoms with E-state index in [0.29, 0.717) is 44.1 Å². The zero-order valence-electron chi connectivity index (χ0n) is 15.3. The fraction of sp³-hybridized carbons (Fsp3) is 0.211. The normalized spacial score (nSPS) is 11.4. The third-order valence-corrected chi connectivity index (χ3v) is 4.99. The van der Waals surface area contributed by atoms with Gasteiger partial charge in [-0.1, -0.05) is 23.5 Å². The first-order chi connectivity index (χ1) is 13.3. The predicted octanol–water partition coefficient (Wildman–Crippen LogP) is 5.10. The molecule has 28 heavy (non-hydrogen) atoms. The van der Waals surface area contributed by atoms with Crippen LogP contribution in [0.5, 0.6) is 17.2 Å². The van der Waals surface area contributed by atoms with Crippen molar-refractivity contribution in [2.75, 3.05) is 27.1 Å². The smallest absolute Gasteiger partial charge is 0.416 e. The Morgan fingerprint density at radius 2 is 1.46 bits per heavy atom. The molecular weight excluding hydrogens is 393 g/mol. The number of nitrogens with zero attached hydrogens (tertiary/aromatic N) is 1. The van der Waals surface area contributed by atoms with Crippen molar-refractivity contribution in [3.63, 3.8) is 0 Å². The van der Waals surface area contributed by atoms with Gasteiger partial charge in [-0.25, -0.2) is 4.98 Å². The molecule has 2 N–H and O–H groups in total. The van der Waals surface area contributed by atoms with Gasteiger partial charge in [0.05, 0.1) is 37.5 Å². The van der Waals surface area contributed by atoms with E-state index in [0.717, 1.165) is 12.1 Å². The Kier molecular flexibility index (Phi) is 5.37. The molecule has 9 heteroatoms. The van der Waals surface area contributed by atoms with Gasteiger partial charge in [0, 0.05) is 11.1 Å². The second-order valence-corrected chi connectivity index (χ2v) is 6.75. The predicted molar refractivity (Wildman–Crippen MR) is 102 cm³/mol. The van der Waals surface area contributed by atoms with E-state index in [9.17, 15) is 13.2 Å². The molecule has 0 saturated carbocycles. The first kappa shape index (κ1) is 19.8. The Hall–Kier alpha value is -2.94. The summed E-state index contributed by atoms with van der Waals surface area (Å²) in [6.45, 7) is 0. The molecule has 3 rings (SSSR count). The zero-order valence-corrected chi connectivity index (χ0v) is 16.1. The summed E-state index contributed by atoms with van der Waals surface area (Å²) in [4.78, 5) is 4.98. The van der Waals surface area contributed by atoms with Crippen LogP contribution >= 0.6 is 11.3 Å². The number of hydrogen-bond acceptors (Lipinski definition) is 6. The minimum Gasteiger partial charge on any atom is -0.493 e. The topological polar surface area (TPSA) is 66.6 Å². The lowest BCUT2D eigenvalue weighted by molar-refractivity contribution is -0.137. The number of benzene rings is 2. The highest BCUT2D eigenvalue weighted by molar-refractivity contribution is 7.19. The summed E-state index contributed by atoms with van der Waals surface area (Å²) in [5.74, 6) is 1.33. The Balaban J connectivity index is 2.13. The van der Waals surface area contributed by atoms with E-state index in [1.165, 1.54) is 44.8 Å². The van der Waals surface area contributed by atoms with E-state index in [4.69, 9.17) is 19.9 Å². The van der Waals surface area contributed by atoms with Crippen LogP contribution in [0.15, 0.2) is 36.4 Å². The van der Waals surface area contributed by atoms with Crippen LogP contribution in [0, 0.1) is 0 Å². The van der Waals surface area contributed by atoms with Gasteiger partial charge in [0.25, 0.3) is 0 Å². The van der Waals surface area contributed by atoms with E-state index in [-0.39, 0.29) is 0 Å². The summed E-state index contributed by atoms with van der Waals surface area (Å²) in [5.41, 5.74) is 6.85. The first-order valence-corrected chi connectivity index (χ1v) is 8.84. The summed E-state index contributed by atoms with van der Waals surface area (Å²) in [6.07, 6.45) is -4.40. The number of rotatable bonds is 5. The van der Waals surface area contributed by atoms with Gasteiger partial charge in [0.15, 0.2) is 16.6 Å². The Bertz CT molecular complexity index is 960. The van der Waals surface area contributed by atoms with Crippen LogP contribution in [0.4, 0.5) is 18.3 Å². The van der Waals surface area contributed by atoms with Crippen LogP contribution in [-0.2, 0) is 6.18 Å². The molecule has 2 aromatic carbocycles. The quantitative estimate of drug-likeness (QED) is 0.634. The highest BCUT2D eigenvalue weighted by Crippen LogP contribution is 2.45. The molecule has 0 aliphatic rings. The van der Waals surface area contributed by atoms with E-state index >= 15 is 0 Å². The Morgan fingerprint density at radius 3 is 1.93 bits per heavy atom. The maximum Gasteiger partial charge on any atom is 0.416 e. The lowest BCUT2D eigenvalue weighted by Gasteiger charge is -2.14. The van der Waals surface area contributed by atoms with Crippen LogP contribution in [0.25, 0.3) is 21.7 Å². The van der Waals surface area contributed by atoms with Crippen LogP contribution in [0.1, 0.15) is 5.56 Å². The molecule has 0 radical (unpaired) electrons. The van der Waals surface area contributed by atoms with Gasteiger partial charge in [-0.15, -0.1) is 0 Å². The largest absolute Gasteiger partial charge is 0.493 e. The molecule has 0 atom stereocenters. The van der Waals surface area contributed by atoms with Gasteiger partial charge in [-0.2, -0.15) is 13.2 Å². The van der Waals surface area contributed by atoms with Crippen LogP contribution < -0.4 is 19.9 Å². The van der Waals surface area contributed by atoms with Crippen molar-refractivity contribution < 1.29 is 27.4 Å². The summed E-state index contributed by atoms with van der Waals surface area (Å²) < 4.78 is 54.6.